The van der Waals surface area contributed by atoms with Crippen molar-refractivity contribution >= 4 is 51.0 Å². The lowest BCUT2D eigenvalue weighted by atomic mass is 9.88. The fraction of sp³-hybridized carbons (Fsp3) is 0.311. The van der Waals surface area contributed by atoms with Gasteiger partial charge in [-0.15, -0.1) is 0 Å². The molecule has 9 rings (SSSR count). The molecule has 3 amide bonds. The number of fused-ring (bicyclic) bond motifs is 3. The van der Waals surface area contributed by atoms with Crippen molar-refractivity contribution < 1.29 is 27.9 Å². The van der Waals surface area contributed by atoms with Gasteiger partial charge in [0.15, 0.2) is 11.6 Å². The van der Waals surface area contributed by atoms with Crippen molar-refractivity contribution in [3.8, 4) is 23.2 Å². The fourth-order valence-corrected chi connectivity index (χ4v) is 8.44. The molecule has 298 valence electrons. The summed E-state index contributed by atoms with van der Waals surface area (Å²) in [4.78, 5) is 66.5. The van der Waals surface area contributed by atoms with Crippen molar-refractivity contribution in [3.63, 3.8) is 0 Å². The van der Waals surface area contributed by atoms with Crippen LogP contribution in [0.25, 0.3) is 33.3 Å². The summed E-state index contributed by atoms with van der Waals surface area (Å²) < 4.78 is 28.6. The average molecular weight is 794 g/mol. The van der Waals surface area contributed by atoms with E-state index in [4.69, 9.17) is 19.1 Å². The van der Waals surface area contributed by atoms with Crippen molar-refractivity contribution in [2.75, 3.05) is 31.2 Å². The Labute approximate surface area is 338 Å². The summed E-state index contributed by atoms with van der Waals surface area (Å²) in [7, 11) is 1.84. The lowest BCUT2D eigenvalue weighted by Gasteiger charge is -2.33. The SMILES string of the molecule is Cc1cc2c(N3CCCc4nc(-c5ccc(C(=O)NCC#Cc6oc7cccc(C8CCC(=O)NC8=O)c7c6F)nc5)ncc43)cc(C3CCOCC3)cc2n(C)c1=O. The molecule has 0 radical (unpaired) electrons. The smallest absolute Gasteiger partial charge is 0.270 e. The molecule has 0 bridgehead atoms. The Hall–Kier alpha value is -6.72. The van der Waals surface area contributed by atoms with Crippen LogP contribution in [-0.4, -0.2) is 63.5 Å². The summed E-state index contributed by atoms with van der Waals surface area (Å²) in [5, 5.41) is 6.14. The number of aryl methyl sites for hydroxylation is 3. The number of ether oxygens (including phenoxy) is 1. The number of carbonyl (C=O) groups is 3. The van der Waals surface area contributed by atoms with Gasteiger partial charge >= 0.3 is 0 Å². The lowest BCUT2D eigenvalue weighted by Crippen LogP contribution is -2.39. The molecular weight excluding hydrogens is 754 g/mol. The zero-order chi connectivity index (χ0) is 40.8. The molecule has 1 unspecified atom stereocenters. The van der Waals surface area contributed by atoms with E-state index in [1.807, 2.05) is 26.2 Å². The number of imide groups is 1. The Morgan fingerprint density at radius 2 is 1.86 bits per heavy atom. The highest BCUT2D eigenvalue weighted by atomic mass is 19.1. The van der Waals surface area contributed by atoms with Crippen molar-refractivity contribution in [1.29, 1.82) is 0 Å². The number of anilines is 2. The predicted molar refractivity (Wildman–Crippen MR) is 218 cm³/mol. The second kappa shape index (κ2) is 15.6. The molecule has 7 heterocycles. The topological polar surface area (TPSA) is 162 Å². The molecule has 1 atom stereocenters. The van der Waals surface area contributed by atoms with Crippen LogP contribution in [0.5, 0.6) is 0 Å². The molecule has 14 heteroatoms. The van der Waals surface area contributed by atoms with Gasteiger partial charge in [0, 0.05) is 55.9 Å². The second-order valence-corrected chi connectivity index (χ2v) is 15.2. The minimum absolute atomic E-state index is 0.00864. The van der Waals surface area contributed by atoms with E-state index in [9.17, 15) is 19.2 Å². The van der Waals surface area contributed by atoms with Gasteiger partial charge < -0.3 is 23.9 Å². The summed E-state index contributed by atoms with van der Waals surface area (Å²) in [6.07, 6.45) is 7.34. The van der Waals surface area contributed by atoms with Crippen LogP contribution in [0.3, 0.4) is 0 Å². The highest BCUT2D eigenvalue weighted by Crippen LogP contribution is 2.41. The molecule has 6 aromatic rings. The van der Waals surface area contributed by atoms with Crippen LogP contribution in [0.4, 0.5) is 15.8 Å². The van der Waals surface area contributed by atoms with Crippen LogP contribution in [0, 0.1) is 24.6 Å². The zero-order valence-electron chi connectivity index (χ0n) is 32.6. The van der Waals surface area contributed by atoms with E-state index in [2.05, 4.69) is 44.5 Å². The van der Waals surface area contributed by atoms with Crippen molar-refractivity contribution in [3.05, 3.63) is 111 Å². The van der Waals surface area contributed by atoms with Crippen LogP contribution in [0.15, 0.2) is 70.1 Å². The molecule has 59 heavy (non-hydrogen) atoms. The Morgan fingerprint density at radius 1 is 1.02 bits per heavy atom. The van der Waals surface area contributed by atoms with E-state index in [0.29, 0.717) is 28.4 Å². The zero-order valence-corrected chi connectivity index (χ0v) is 32.6. The number of nitrogens with one attached hydrogen (secondary N) is 2. The molecule has 0 spiro atoms. The molecule has 3 aliphatic heterocycles. The molecule has 2 saturated heterocycles. The summed E-state index contributed by atoms with van der Waals surface area (Å²) in [5.41, 5.74) is 7.09. The quantitative estimate of drug-likeness (QED) is 0.154. The van der Waals surface area contributed by atoms with Crippen LogP contribution in [-0.2, 0) is 27.8 Å². The largest absolute Gasteiger partial charge is 0.444 e. The highest BCUT2D eigenvalue weighted by molar-refractivity contribution is 6.03. The van der Waals surface area contributed by atoms with Gasteiger partial charge in [-0.2, -0.15) is 0 Å². The number of halogens is 1. The van der Waals surface area contributed by atoms with Gasteiger partial charge in [-0.05, 0) is 98.4 Å². The molecule has 0 saturated carbocycles. The number of furan rings is 1. The summed E-state index contributed by atoms with van der Waals surface area (Å²) in [5.74, 6) is 3.28. The maximum absolute atomic E-state index is 15.5. The van der Waals surface area contributed by atoms with Crippen LogP contribution in [0.2, 0.25) is 0 Å². The van der Waals surface area contributed by atoms with Gasteiger partial charge in [-0.3, -0.25) is 29.5 Å². The van der Waals surface area contributed by atoms with E-state index in [1.165, 1.54) is 5.56 Å². The molecule has 3 aliphatic rings. The highest BCUT2D eigenvalue weighted by Gasteiger charge is 2.31. The number of carbonyl (C=O) groups excluding carboxylic acids is 3. The molecule has 4 aromatic heterocycles. The van der Waals surface area contributed by atoms with E-state index in [0.717, 1.165) is 73.4 Å². The predicted octanol–water partition coefficient (Wildman–Crippen LogP) is 5.86. The maximum atomic E-state index is 15.5. The number of benzene rings is 2. The Kier molecular flexibility index (Phi) is 9.98. The number of aromatic nitrogens is 4. The van der Waals surface area contributed by atoms with Gasteiger partial charge in [0.1, 0.15) is 11.3 Å². The number of rotatable bonds is 6. The van der Waals surface area contributed by atoms with Gasteiger partial charge in [-0.25, -0.2) is 14.4 Å². The first-order chi connectivity index (χ1) is 28.6. The maximum Gasteiger partial charge on any atom is 0.270 e. The molecule has 0 aliphatic carbocycles. The van der Waals surface area contributed by atoms with Gasteiger partial charge in [0.05, 0.1) is 46.6 Å². The average Bonchev–Trinajstić information content (AvgIpc) is 3.59. The Morgan fingerprint density at radius 3 is 2.66 bits per heavy atom. The third-order valence-corrected chi connectivity index (χ3v) is 11.5. The van der Waals surface area contributed by atoms with Gasteiger partial charge in [-0.1, -0.05) is 18.1 Å². The third kappa shape index (κ3) is 7.12. The summed E-state index contributed by atoms with van der Waals surface area (Å²) in [6, 6.07) is 14.6. The van der Waals surface area contributed by atoms with Crippen LogP contribution >= 0.6 is 0 Å². The van der Waals surface area contributed by atoms with Gasteiger partial charge in [0.25, 0.3) is 11.5 Å². The first-order valence-corrected chi connectivity index (χ1v) is 19.8. The molecule has 2 fully saturated rings. The Bertz CT molecular complexity index is 2810. The van der Waals surface area contributed by atoms with Crippen LogP contribution in [0.1, 0.15) is 82.6 Å². The number of nitrogens with zero attached hydrogens (tertiary/aromatic N) is 5. The Balaban J connectivity index is 0.908. The third-order valence-electron chi connectivity index (χ3n) is 11.5. The molecule has 2 N–H and O–H groups in total. The van der Waals surface area contributed by atoms with E-state index < -0.39 is 23.5 Å². The number of hydrogen-bond donors (Lipinski definition) is 2. The van der Waals surface area contributed by atoms with Crippen molar-refractivity contribution in [2.24, 2.45) is 7.05 Å². The van der Waals surface area contributed by atoms with E-state index >= 15 is 4.39 Å². The van der Waals surface area contributed by atoms with E-state index in [-0.39, 0.29) is 53.3 Å². The van der Waals surface area contributed by atoms with Gasteiger partial charge in [0.2, 0.25) is 17.6 Å². The number of pyridine rings is 2. The first kappa shape index (κ1) is 37.8. The molecule has 2 aromatic carbocycles. The first-order valence-electron chi connectivity index (χ1n) is 19.8. The minimum atomic E-state index is -0.704. The number of hydrogen-bond acceptors (Lipinski definition) is 10. The normalized spacial score (nSPS) is 17.1. The molecular formula is C45H40FN7O6. The van der Waals surface area contributed by atoms with Crippen molar-refractivity contribution in [2.45, 2.75) is 57.3 Å². The standard InChI is InChI=1S/C45H40FN7O6/c1-25-20-31-34(52(2)45(25)57)21-28(26-14-18-58-19-15-26)22-35(31)53-17-5-7-32-36(53)24-49-42(50-32)27-10-12-33(48-23-27)44(56)47-16-4-9-38-41(46)40-29(6-3-8-37(40)59-38)30-11-13-39(54)51-43(30)55/h3,6,8,10,12,20-24,26,30H,5,7,11,13-19H2,1-2H3,(H,47,56)(H,51,54,55). The monoisotopic (exact) mass is 793 g/mol. The fourth-order valence-electron chi connectivity index (χ4n) is 8.44. The lowest BCUT2D eigenvalue weighted by molar-refractivity contribution is -0.134. The van der Waals surface area contributed by atoms with Crippen molar-refractivity contribution in [1.82, 2.24) is 30.2 Å². The molecule has 13 nitrogen and oxygen atoms in total. The summed E-state index contributed by atoms with van der Waals surface area (Å²) >= 11 is 0. The number of piperidine rings is 1. The second-order valence-electron chi connectivity index (χ2n) is 15.2. The number of amides is 3. The van der Waals surface area contributed by atoms with Crippen LogP contribution < -0.4 is 21.1 Å². The minimum Gasteiger partial charge on any atom is -0.444 e. The van der Waals surface area contributed by atoms with E-state index in [1.54, 1.807) is 41.1 Å². The summed E-state index contributed by atoms with van der Waals surface area (Å²) in [6.45, 7) is 3.96.